The van der Waals surface area contributed by atoms with E-state index in [-0.39, 0.29) is 49.0 Å². The van der Waals surface area contributed by atoms with E-state index in [1.54, 1.807) is 6.07 Å². The number of hydrogen-bond acceptors (Lipinski definition) is 4. The number of piperidine rings is 1. The van der Waals surface area contributed by atoms with Crippen LogP contribution in [0.5, 0.6) is 0 Å². The number of likely N-dealkylation sites (tertiary alicyclic amines) is 1. The van der Waals surface area contributed by atoms with Gasteiger partial charge in [0.15, 0.2) is 0 Å². The van der Waals surface area contributed by atoms with Gasteiger partial charge in [-0.25, -0.2) is 9.37 Å². The number of aromatic nitrogens is 1. The van der Waals surface area contributed by atoms with Gasteiger partial charge in [0.2, 0.25) is 5.91 Å². The molecule has 1 aliphatic rings. The van der Waals surface area contributed by atoms with Gasteiger partial charge >= 0.3 is 0 Å². The van der Waals surface area contributed by atoms with Gasteiger partial charge in [0.1, 0.15) is 10.8 Å². The molecule has 8 heteroatoms. The minimum absolute atomic E-state index is 0. The Hall–Kier alpha value is -1.21. The van der Waals surface area contributed by atoms with E-state index < -0.39 is 0 Å². The zero-order chi connectivity index (χ0) is 17.1. The topological polar surface area (TPSA) is 59.2 Å². The molecule has 1 saturated heterocycles. The third-order valence-corrected chi connectivity index (χ3v) is 5.47. The number of hydrogen-bond donors (Lipinski definition) is 1. The van der Waals surface area contributed by atoms with Gasteiger partial charge in [0.05, 0.1) is 12.1 Å². The SMILES string of the molecule is CC1CCN(C(=O)Cc2csc(-c3cccc(F)c3)n2)C(CN)C1.Cl.Cl. The second-order valence-electron chi connectivity index (χ2n) is 6.44. The van der Waals surface area contributed by atoms with E-state index in [1.807, 2.05) is 16.3 Å². The standard InChI is InChI=1S/C18H22FN3OS.2ClH/c1-12-5-6-22(16(7-12)10-20)17(23)9-15-11-24-18(21-15)13-3-2-4-14(19)8-13;;/h2-4,8,11-12,16H,5-7,9-10,20H2,1H3;2*1H. The van der Waals surface area contributed by atoms with E-state index in [1.165, 1.54) is 23.5 Å². The summed E-state index contributed by atoms with van der Waals surface area (Å²) in [4.78, 5) is 19.0. The van der Waals surface area contributed by atoms with Crippen molar-refractivity contribution in [2.75, 3.05) is 13.1 Å². The molecular formula is C18H24Cl2FN3OS. The smallest absolute Gasteiger partial charge is 0.228 e. The minimum Gasteiger partial charge on any atom is -0.338 e. The maximum atomic E-state index is 13.3. The Morgan fingerprint density at radius 3 is 2.88 bits per heavy atom. The number of carbonyl (C=O) groups is 1. The molecule has 0 aliphatic carbocycles. The highest BCUT2D eigenvalue weighted by Gasteiger charge is 2.29. The van der Waals surface area contributed by atoms with Crippen molar-refractivity contribution in [3.8, 4) is 10.6 Å². The maximum Gasteiger partial charge on any atom is 0.228 e. The van der Waals surface area contributed by atoms with Crippen molar-refractivity contribution in [1.29, 1.82) is 0 Å². The average Bonchev–Trinajstić information content (AvgIpc) is 3.03. The van der Waals surface area contributed by atoms with Crippen LogP contribution in [-0.2, 0) is 11.2 Å². The molecule has 144 valence electrons. The largest absolute Gasteiger partial charge is 0.338 e. The lowest BCUT2D eigenvalue weighted by Gasteiger charge is -2.38. The molecule has 4 nitrogen and oxygen atoms in total. The van der Waals surface area contributed by atoms with Gasteiger partial charge in [-0.1, -0.05) is 19.1 Å². The van der Waals surface area contributed by atoms with E-state index in [0.717, 1.165) is 35.7 Å². The lowest BCUT2D eigenvalue weighted by Crippen LogP contribution is -2.49. The summed E-state index contributed by atoms with van der Waals surface area (Å²) in [5.74, 6) is 0.406. The van der Waals surface area contributed by atoms with Crippen LogP contribution in [0.3, 0.4) is 0 Å². The highest BCUT2D eigenvalue weighted by Crippen LogP contribution is 2.26. The van der Waals surface area contributed by atoms with Gasteiger partial charge in [-0.15, -0.1) is 36.2 Å². The number of rotatable bonds is 4. The molecular weight excluding hydrogens is 396 g/mol. The Morgan fingerprint density at radius 2 is 2.19 bits per heavy atom. The Labute approximate surface area is 169 Å². The number of carbonyl (C=O) groups excluding carboxylic acids is 1. The van der Waals surface area contributed by atoms with Crippen molar-refractivity contribution in [1.82, 2.24) is 9.88 Å². The molecule has 2 N–H and O–H groups in total. The molecule has 1 aliphatic heterocycles. The fourth-order valence-corrected chi connectivity index (χ4v) is 4.02. The predicted molar refractivity (Wildman–Crippen MR) is 109 cm³/mol. The molecule has 1 amide bonds. The van der Waals surface area contributed by atoms with E-state index in [4.69, 9.17) is 5.73 Å². The molecule has 0 bridgehead atoms. The lowest BCUT2D eigenvalue weighted by atomic mass is 9.92. The summed E-state index contributed by atoms with van der Waals surface area (Å²) in [6.07, 6.45) is 2.26. The van der Waals surface area contributed by atoms with Crippen LogP contribution in [0.15, 0.2) is 29.6 Å². The van der Waals surface area contributed by atoms with Gasteiger partial charge < -0.3 is 10.6 Å². The molecule has 2 heterocycles. The molecule has 2 aromatic rings. The van der Waals surface area contributed by atoms with Crippen molar-refractivity contribution in [2.24, 2.45) is 11.7 Å². The normalized spacial score (nSPS) is 19.4. The highest BCUT2D eigenvalue weighted by molar-refractivity contribution is 7.13. The maximum absolute atomic E-state index is 13.3. The first-order valence-electron chi connectivity index (χ1n) is 8.26. The first kappa shape index (κ1) is 22.8. The number of thiazole rings is 1. The average molecular weight is 420 g/mol. The second kappa shape index (κ2) is 10.2. The van der Waals surface area contributed by atoms with E-state index in [2.05, 4.69) is 11.9 Å². The number of nitrogens with two attached hydrogens (primary N) is 1. The van der Waals surface area contributed by atoms with Crippen LogP contribution in [0.1, 0.15) is 25.5 Å². The first-order chi connectivity index (χ1) is 11.6. The second-order valence-corrected chi connectivity index (χ2v) is 7.30. The molecule has 26 heavy (non-hydrogen) atoms. The summed E-state index contributed by atoms with van der Waals surface area (Å²) in [6, 6.07) is 6.48. The number of benzene rings is 1. The zero-order valence-electron chi connectivity index (χ0n) is 14.6. The first-order valence-corrected chi connectivity index (χ1v) is 9.14. The summed E-state index contributed by atoms with van der Waals surface area (Å²) in [7, 11) is 0. The van der Waals surface area contributed by atoms with Crippen molar-refractivity contribution < 1.29 is 9.18 Å². The third kappa shape index (κ3) is 5.39. The van der Waals surface area contributed by atoms with Crippen LogP contribution < -0.4 is 5.73 Å². The van der Waals surface area contributed by atoms with Crippen LogP contribution >= 0.6 is 36.2 Å². The van der Waals surface area contributed by atoms with Crippen LogP contribution in [-0.4, -0.2) is 34.9 Å². The molecule has 0 radical (unpaired) electrons. The number of nitrogens with zero attached hydrogens (tertiary/aromatic N) is 2. The van der Waals surface area contributed by atoms with E-state index >= 15 is 0 Å². The Bertz CT molecular complexity index is 728. The summed E-state index contributed by atoms with van der Waals surface area (Å²) in [5.41, 5.74) is 7.31. The summed E-state index contributed by atoms with van der Waals surface area (Å²) < 4.78 is 13.3. The molecule has 1 aromatic carbocycles. The monoisotopic (exact) mass is 419 g/mol. The predicted octanol–water partition coefficient (Wildman–Crippen LogP) is 3.92. The molecule has 2 atom stereocenters. The van der Waals surface area contributed by atoms with E-state index in [0.29, 0.717) is 12.5 Å². The van der Waals surface area contributed by atoms with E-state index in [9.17, 15) is 9.18 Å². The highest BCUT2D eigenvalue weighted by atomic mass is 35.5. The number of halogens is 3. The zero-order valence-corrected chi connectivity index (χ0v) is 17.0. The van der Waals surface area contributed by atoms with Crippen molar-refractivity contribution >= 4 is 42.1 Å². The van der Waals surface area contributed by atoms with Crippen LogP contribution in [0.25, 0.3) is 10.6 Å². The Kier molecular flexibility index (Phi) is 8.96. The van der Waals surface area contributed by atoms with Gasteiger partial charge in [0, 0.05) is 30.1 Å². The summed E-state index contributed by atoms with van der Waals surface area (Å²) in [5, 5.41) is 2.61. The minimum atomic E-state index is -0.284. The van der Waals surface area contributed by atoms with Crippen LogP contribution in [0.2, 0.25) is 0 Å². The van der Waals surface area contributed by atoms with Crippen LogP contribution in [0, 0.1) is 11.7 Å². The fourth-order valence-electron chi connectivity index (χ4n) is 3.20. The fraction of sp³-hybridized carbons (Fsp3) is 0.444. The molecule has 1 aromatic heterocycles. The van der Waals surface area contributed by atoms with Crippen molar-refractivity contribution in [3.05, 3.63) is 41.2 Å². The third-order valence-electron chi connectivity index (χ3n) is 4.53. The molecule has 3 rings (SSSR count). The van der Waals surface area contributed by atoms with Gasteiger partial charge in [-0.2, -0.15) is 0 Å². The van der Waals surface area contributed by atoms with Gasteiger partial charge in [-0.05, 0) is 30.9 Å². The van der Waals surface area contributed by atoms with Crippen LogP contribution in [0.4, 0.5) is 4.39 Å². The quantitative estimate of drug-likeness (QED) is 0.816. The summed E-state index contributed by atoms with van der Waals surface area (Å²) >= 11 is 1.43. The van der Waals surface area contributed by atoms with Crippen molar-refractivity contribution in [2.45, 2.75) is 32.2 Å². The summed E-state index contributed by atoms with van der Waals surface area (Å²) in [6.45, 7) is 3.47. The Morgan fingerprint density at radius 1 is 1.42 bits per heavy atom. The number of amides is 1. The Balaban J connectivity index is 0.00000169. The van der Waals surface area contributed by atoms with Gasteiger partial charge in [-0.3, -0.25) is 4.79 Å². The molecule has 0 spiro atoms. The van der Waals surface area contributed by atoms with Crippen molar-refractivity contribution in [3.63, 3.8) is 0 Å². The molecule has 2 unspecified atom stereocenters. The molecule has 1 fully saturated rings. The lowest BCUT2D eigenvalue weighted by molar-refractivity contribution is -0.134. The molecule has 0 saturated carbocycles. The van der Waals surface area contributed by atoms with Gasteiger partial charge in [0.25, 0.3) is 0 Å².